The van der Waals surface area contributed by atoms with Crippen molar-refractivity contribution in [2.45, 2.75) is 32.2 Å². The quantitative estimate of drug-likeness (QED) is 0.768. The normalized spacial score (nSPS) is 15.9. The number of nitrogens with one attached hydrogen (secondary N) is 2. The molecular weight excluding hydrogens is 284 g/mol. The fourth-order valence-electron chi connectivity index (χ4n) is 2.64. The molecule has 21 heavy (non-hydrogen) atoms. The zero-order chi connectivity index (χ0) is 14.8. The van der Waals surface area contributed by atoms with Gasteiger partial charge in [-0.2, -0.15) is 0 Å². The van der Waals surface area contributed by atoms with E-state index in [-0.39, 0.29) is 18.6 Å². The van der Waals surface area contributed by atoms with Crippen molar-refractivity contribution in [3.8, 4) is 10.4 Å². The van der Waals surface area contributed by atoms with Crippen LogP contribution < -0.4 is 5.32 Å². The Labute approximate surface area is 128 Å². The molecule has 2 heterocycles. The lowest BCUT2D eigenvalue weighted by atomic mass is 10.1. The predicted octanol–water partition coefficient (Wildman–Crippen LogP) is 2.94. The summed E-state index contributed by atoms with van der Waals surface area (Å²) in [6.45, 7) is 2.18. The number of aliphatic hydroxyl groups excluding tert-OH is 1. The molecule has 3 rings (SSSR count). The number of thiophene rings is 1. The molecule has 0 bridgehead atoms. The molecule has 112 valence electrons. The number of hydrogen-bond donors (Lipinski definition) is 3. The summed E-state index contributed by atoms with van der Waals surface area (Å²) in [5.41, 5.74) is 1.63. The van der Waals surface area contributed by atoms with Crippen LogP contribution in [0, 0.1) is 12.8 Å². The number of amides is 1. The minimum atomic E-state index is -0.0531. The Morgan fingerprint density at radius 2 is 2.29 bits per heavy atom. The van der Waals surface area contributed by atoms with E-state index in [1.807, 2.05) is 12.3 Å². The molecule has 4 nitrogen and oxygen atoms in total. The first kappa shape index (κ1) is 14.4. The van der Waals surface area contributed by atoms with Crippen LogP contribution in [0.3, 0.4) is 0 Å². The Bertz CT molecular complexity index is 628. The van der Waals surface area contributed by atoms with E-state index in [0.717, 1.165) is 23.3 Å². The lowest BCUT2D eigenvalue weighted by Gasteiger charge is -2.17. The molecular formula is C16H20N2O2S. The van der Waals surface area contributed by atoms with Gasteiger partial charge in [0.15, 0.2) is 0 Å². The number of hydrogen-bond acceptors (Lipinski definition) is 3. The summed E-state index contributed by atoms with van der Waals surface area (Å²) in [5.74, 6) is 0.482. The van der Waals surface area contributed by atoms with Gasteiger partial charge in [0.25, 0.3) is 5.91 Å². The summed E-state index contributed by atoms with van der Waals surface area (Å²) in [6.07, 6.45) is 6.55. The van der Waals surface area contributed by atoms with E-state index in [2.05, 4.69) is 23.3 Å². The van der Waals surface area contributed by atoms with Gasteiger partial charge in [0.2, 0.25) is 0 Å². The minimum absolute atomic E-state index is 0.0531. The monoisotopic (exact) mass is 304 g/mol. The van der Waals surface area contributed by atoms with Crippen molar-refractivity contribution in [1.29, 1.82) is 0 Å². The molecule has 1 aliphatic carbocycles. The van der Waals surface area contributed by atoms with Crippen LogP contribution >= 0.6 is 11.3 Å². The third-order valence-corrected chi connectivity index (χ3v) is 4.98. The Hall–Kier alpha value is -1.59. The molecule has 1 aliphatic rings. The van der Waals surface area contributed by atoms with Gasteiger partial charge in [-0.05, 0) is 44.2 Å². The molecule has 0 saturated heterocycles. The van der Waals surface area contributed by atoms with Gasteiger partial charge in [-0.1, -0.05) is 0 Å². The number of aliphatic hydroxyl groups is 1. The fraction of sp³-hybridized carbons (Fsp3) is 0.438. The zero-order valence-electron chi connectivity index (χ0n) is 12.1. The van der Waals surface area contributed by atoms with Crippen molar-refractivity contribution < 1.29 is 9.90 Å². The van der Waals surface area contributed by atoms with Crippen LogP contribution in [0.4, 0.5) is 0 Å². The molecule has 0 spiro atoms. The third kappa shape index (κ3) is 3.19. The van der Waals surface area contributed by atoms with E-state index >= 15 is 0 Å². The maximum absolute atomic E-state index is 12.5. The number of carbonyl (C=O) groups is 1. The first-order chi connectivity index (χ1) is 10.2. The summed E-state index contributed by atoms with van der Waals surface area (Å²) in [6, 6.07) is 4.20. The molecule has 0 radical (unpaired) electrons. The smallest absolute Gasteiger partial charge is 0.253 e. The topological polar surface area (TPSA) is 65.1 Å². The van der Waals surface area contributed by atoms with Crippen LogP contribution in [0.1, 0.15) is 34.5 Å². The lowest BCUT2D eigenvalue weighted by molar-refractivity contribution is 0.0925. The highest BCUT2D eigenvalue weighted by Crippen LogP contribution is 2.35. The van der Waals surface area contributed by atoms with E-state index in [4.69, 9.17) is 5.11 Å². The summed E-state index contributed by atoms with van der Waals surface area (Å²) in [4.78, 5) is 17.9. The average Bonchev–Trinajstić information content (AvgIpc) is 3.03. The molecule has 1 amide bonds. The standard InChI is InChI=1S/C16H20N2O2S/c1-10-2-5-15(21-10)12-8-17-9-13(12)16(20)18-14(6-7-19)11-3-4-11/h2,5,8-9,11,14,17,19H,3-4,6-7H2,1H3,(H,18,20). The molecule has 1 saturated carbocycles. The number of aromatic amines is 1. The second-order valence-electron chi connectivity index (χ2n) is 5.62. The fourth-order valence-corrected chi connectivity index (χ4v) is 3.54. The third-order valence-electron chi connectivity index (χ3n) is 3.94. The van der Waals surface area contributed by atoms with Gasteiger partial charge in [-0.15, -0.1) is 11.3 Å². The van der Waals surface area contributed by atoms with E-state index in [9.17, 15) is 4.79 Å². The number of carbonyl (C=O) groups excluding carboxylic acids is 1. The summed E-state index contributed by atoms with van der Waals surface area (Å²) in [7, 11) is 0. The maximum Gasteiger partial charge on any atom is 0.253 e. The van der Waals surface area contributed by atoms with Gasteiger partial charge in [0.05, 0.1) is 5.56 Å². The lowest BCUT2D eigenvalue weighted by Crippen LogP contribution is -2.37. The average molecular weight is 304 g/mol. The Balaban J connectivity index is 1.77. The number of rotatable bonds is 6. The number of H-pyrrole nitrogens is 1. The molecule has 5 heteroatoms. The van der Waals surface area contributed by atoms with Gasteiger partial charge in [-0.25, -0.2) is 0 Å². The molecule has 1 fully saturated rings. The maximum atomic E-state index is 12.5. The van der Waals surface area contributed by atoms with Crippen molar-refractivity contribution in [3.63, 3.8) is 0 Å². The Kier molecular flexibility index (Phi) is 4.12. The van der Waals surface area contributed by atoms with Crippen LogP contribution in [0.5, 0.6) is 0 Å². The molecule has 1 atom stereocenters. The molecule has 3 N–H and O–H groups in total. The summed E-state index contributed by atoms with van der Waals surface area (Å²) < 4.78 is 0. The Morgan fingerprint density at radius 3 is 2.90 bits per heavy atom. The van der Waals surface area contributed by atoms with Crippen LogP contribution in [0.15, 0.2) is 24.5 Å². The Morgan fingerprint density at radius 1 is 1.48 bits per heavy atom. The molecule has 2 aromatic heterocycles. The van der Waals surface area contributed by atoms with Crippen molar-refractivity contribution in [2.75, 3.05) is 6.61 Å². The van der Waals surface area contributed by atoms with E-state index in [1.165, 1.54) is 4.88 Å². The van der Waals surface area contributed by atoms with Gasteiger partial charge < -0.3 is 15.4 Å². The predicted molar refractivity (Wildman–Crippen MR) is 84.5 cm³/mol. The van der Waals surface area contributed by atoms with Crippen LogP contribution in [0.25, 0.3) is 10.4 Å². The number of aryl methyl sites for hydroxylation is 1. The first-order valence-electron chi connectivity index (χ1n) is 7.34. The van der Waals surface area contributed by atoms with Crippen LogP contribution in [0.2, 0.25) is 0 Å². The highest BCUT2D eigenvalue weighted by atomic mass is 32.1. The van der Waals surface area contributed by atoms with Gasteiger partial charge in [-0.3, -0.25) is 4.79 Å². The second kappa shape index (κ2) is 6.03. The zero-order valence-corrected chi connectivity index (χ0v) is 12.9. The summed E-state index contributed by atoms with van der Waals surface area (Å²) in [5, 5.41) is 12.2. The SMILES string of the molecule is Cc1ccc(-c2c[nH]cc2C(=O)NC(CCO)C2CC2)s1. The van der Waals surface area contributed by atoms with Gasteiger partial charge in [0.1, 0.15) is 0 Å². The van der Waals surface area contributed by atoms with E-state index in [0.29, 0.717) is 17.9 Å². The van der Waals surface area contributed by atoms with Crippen molar-refractivity contribution in [3.05, 3.63) is 35.0 Å². The van der Waals surface area contributed by atoms with Crippen LogP contribution in [-0.4, -0.2) is 28.6 Å². The highest BCUT2D eigenvalue weighted by Gasteiger charge is 2.32. The molecule has 0 aliphatic heterocycles. The molecule has 1 unspecified atom stereocenters. The second-order valence-corrected chi connectivity index (χ2v) is 6.91. The van der Waals surface area contributed by atoms with Crippen molar-refractivity contribution >= 4 is 17.2 Å². The largest absolute Gasteiger partial charge is 0.396 e. The van der Waals surface area contributed by atoms with Gasteiger partial charge in [0, 0.05) is 40.4 Å². The molecule has 0 aromatic carbocycles. The van der Waals surface area contributed by atoms with E-state index in [1.54, 1.807) is 17.5 Å². The highest BCUT2D eigenvalue weighted by molar-refractivity contribution is 7.15. The van der Waals surface area contributed by atoms with E-state index < -0.39 is 0 Å². The minimum Gasteiger partial charge on any atom is -0.396 e. The van der Waals surface area contributed by atoms with Crippen LogP contribution in [-0.2, 0) is 0 Å². The molecule has 2 aromatic rings. The first-order valence-corrected chi connectivity index (χ1v) is 8.16. The van der Waals surface area contributed by atoms with Gasteiger partial charge >= 0.3 is 0 Å². The summed E-state index contributed by atoms with van der Waals surface area (Å²) >= 11 is 1.68. The van der Waals surface area contributed by atoms with Crippen molar-refractivity contribution in [1.82, 2.24) is 10.3 Å². The van der Waals surface area contributed by atoms with Crippen molar-refractivity contribution in [2.24, 2.45) is 5.92 Å². The number of aromatic nitrogens is 1.